The molecule has 0 aliphatic carbocycles. The van der Waals surface area contributed by atoms with E-state index in [0.29, 0.717) is 0 Å². The third-order valence-electron chi connectivity index (χ3n) is 5.54. The first kappa shape index (κ1) is 29.9. The Morgan fingerprint density at radius 1 is 0.621 bits per heavy atom. The van der Waals surface area contributed by atoms with Crippen LogP contribution in [0.15, 0.2) is 29.2 Å². The Morgan fingerprint density at radius 2 is 0.966 bits per heavy atom. The van der Waals surface area contributed by atoms with Crippen molar-refractivity contribution in [3.05, 3.63) is 29.8 Å². The zero-order valence-electron chi connectivity index (χ0n) is 18.0. The summed E-state index contributed by atoms with van der Waals surface area (Å²) in [7, 11) is -4.07. The van der Waals surface area contributed by atoms with Crippen LogP contribution in [-0.4, -0.2) is 71.2 Å². The molecule has 0 saturated heterocycles. The molecule has 0 aromatic heterocycles. The van der Waals surface area contributed by atoms with Gasteiger partial charge in [-0.15, -0.1) is 0 Å². The van der Waals surface area contributed by atoms with Crippen molar-refractivity contribution in [3.8, 4) is 0 Å². The number of hydrogen-bond acceptors (Lipinski definition) is 2. The van der Waals surface area contributed by atoms with Crippen LogP contribution in [0, 0.1) is 0 Å². The topological polar surface area (TPSA) is 54.4 Å². The predicted octanol–water partition coefficient (Wildman–Crippen LogP) is 7.09. The summed E-state index contributed by atoms with van der Waals surface area (Å²) in [4.78, 5) is -0.0248. The molecule has 0 bridgehead atoms. The first-order chi connectivity index (χ1) is 13.5. The second kappa shape index (κ2) is 19.6. The molecular weight excluding hydrogens is 454 g/mol. The van der Waals surface area contributed by atoms with Crippen molar-refractivity contribution in [3.63, 3.8) is 0 Å². The fourth-order valence-corrected chi connectivity index (χ4v) is 4.19. The third-order valence-corrected chi connectivity index (χ3v) is 6.41. The fourth-order valence-electron chi connectivity index (χ4n) is 3.71. The van der Waals surface area contributed by atoms with E-state index in [1.165, 1.54) is 108 Å². The van der Waals surface area contributed by atoms with Crippen molar-refractivity contribution >= 4 is 68.3 Å². The molecule has 0 heterocycles. The van der Waals surface area contributed by atoms with Gasteiger partial charge >= 0.3 is 58.2 Å². The van der Waals surface area contributed by atoms with Gasteiger partial charge in [-0.1, -0.05) is 115 Å². The second-order valence-electron chi connectivity index (χ2n) is 8.17. The van der Waals surface area contributed by atoms with Gasteiger partial charge < -0.3 is 0 Å². The number of benzene rings is 1. The van der Waals surface area contributed by atoms with Crippen molar-refractivity contribution in [2.45, 2.75) is 121 Å². The SMILES string of the molecule is CCCCCCCCCCCCCCCCCCc1ccc(S(=O)(=O)O)cc1.[RbH]. The van der Waals surface area contributed by atoms with Crippen LogP contribution in [0.4, 0.5) is 0 Å². The van der Waals surface area contributed by atoms with Crippen molar-refractivity contribution < 1.29 is 13.0 Å². The van der Waals surface area contributed by atoms with E-state index in [2.05, 4.69) is 6.92 Å². The second-order valence-corrected chi connectivity index (χ2v) is 9.59. The molecule has 0 aliphatic heterocycles. The maximum absolute atomic E-state index is 11.0. The summed E-state index contributed by atoms with van der Waals surface area (Å²) < 4.78 is 31.0. The van der Waals surface area contributed by atoms with Gasteiger partial charge in [0.1, 0.15) is 0 Å². The van der Waals surface area contributed by atoms with Crippen LogP contribution in [0.5, 0.6) is 0 Å². The molecule has 0 aliphatic rings. The van der Waals surface area contributed by atoms with Gasteiger partial charge in [0.25, 0.3) is 10.1 Å². The molecule has 164 valence electrons. The van der Waals surface area contributed by atoms with Crippen LogP contribution < -0.4 is 0 Å². The third kappa shape index (κ3) is 17.2. The first-order valence-electron chi connectivity index (χ1n) is 11.6. The van der Waals surface area contributed by atoms with E-state index in [1.807, 2.05) is 0 Å². The molecule has 0 atom stereocenters. The number of unbranched alkanes of at least 4 members (excludes halogenated alkanes) is 15. The zero-order valence-corrected chi connectivity index (χ0v) is 18.8. The summed E-state index contributed by atoms with van der Waals surface area (Å²) in [5.41, 5.74) is 1.14. The standard InChI is InChI=1S/C24H42O3S.Rb.H/c1-2-3-4-5-6-7-8-9-10-11-12-13-14-15-16-17-18-23-19-21-24(22-20-23)28(25,26)27;;/h19-22H,2-18H2,1H3,(H,25,26,27);;. The molecule has 5 heteroatoms. The molecule has 1 aromatic rings. The van der Waals surface area contributed by atoms with Crippen LogP contribution in [0.3, 0.4) is 0 Å². The van der Waals surface area contributed by atoms with Gasteiger partial charge in [-0.05, 0) is 30.5 Å². The molecule has 0 unspecified atom stereocenters. The molecule has 1 rings (SSSR count). The van der Waals surface area contributed by atoms with E-state index in [1.54, 1.807) is 12.1 Å². The summed E-state index contributed by atoms with van der Waals surface area (Å²) in [5, 5.41) is 0. The van der Waals surface area contributed by atoms with E-state index in [-0.39, 0.29) is 63.1 Å². The van der Waals surface area contributed by atoms with Gasteiger partial charge in [0.2, 0.25) is 0 Å². The van der Waals surface area contributed by atoms with Crippen LogP contribution in [0.1, 0.15) is 115 Å². The summed E-state index contributed by atoms with van der Waals surface area (Å²) in [6.45, 7) is 2.27. The van der Waals surface area contributed by atoms with Gasteiger partial charge in [-0.2, -0.15) is 8.42 Å². The summed E-state index contributed by atoms with van der Waals surface area (Å²) >= 11 is 0. The molecule has 0 radical (unpaired) electrons. The number of hydrogen-bond donors (Lipinski definition) is 1. The van der Waals surface area contributed by atoms with Gasteiger partial charge in [0.05, 0.1) is 4.90 Å². The Bertz CT molecular complexity index is 585. The summed E-state index contributed by atoms with van der Waals surface area (Å²) in [6.07, 6.45) is 22.9. The number of aryl methyl sites for hydroxylation is 1. The molecule has 0 fully saturated rings. The van der Waals surface area contributed by atoms with Crippen molar-refractivity contribution in [1.29, 1.82) is 0 Å². The van der Waals surface area contributed by atoms with Crippen molar-refractivity contribution in [2.75, 3.05) is 0 Å². The average molecular weight is 497 g/mol. The molecule has 3 nitrogen and oxygen atoms in total. The first-order valence-corrected chi connectivity index (χ1v) is 13.0. The zero-order chi connectivity index (χ0) is 20.5. The van der Waals surface area contributed by atoms with Crippen LogP contribution >= 0.6 is 0 Å². The van der Waals surface area contributed by atoms with E-state index >= 15 is 0 Å². The Hall–Kier alpha value is 0.935. The monoisotopic (exact) mass is 496 g/mol. The Labute approximate surface area is 229 Å². The van der Waals surface area contributed by atoms with Gasteiger partial charge in [-0.3, -0.25) is 4.55 Å². The molecule has 1 N–H and O–H groups in total. The van der Waals surface area contributed by atoms with Gasteiger partial charge in [0.15, 0.2) is 0 Å². The maximum atomic E-state index is 11.0. The van der Waals surface area contributed by atoms with Gasteiger partial charge in [-0.25, -0.2) is 0 Å². The van der Waals surface area contributed by atoms with E-state index in [4.69, 9.17) is 4.55 Å². The summed E-state index contributed by atoms with van der Waals surface area (Å²) in [6, 6.07) is 6.57. The quantitative estimate of drug-likeness (QED) is 0.174. The molecule has 0 saturated carbocycles. The van der Waals surface area contributed by atoms with E-state index < -0.39 is 10.1 Å². The van der Waals surface area contributed by atoms with E-state index in [9.17, 15) is 8.42 Å². The molecule has 0 amide bonds. The Kier molecular flexibility index (Phi) is 20.2. The normalized spacial score (nSPS) is 11.4. The molecular formula is C24H43O3RbS. The van der Waals surface area contributed by atoms with Crippen molar-refractivity contribution in [1.82, 2.24) is 0 Å². The average Bonchev–Trinajstić information content (AvgIpc) is 2.67. The Morgan fingerprint density at radius 3 is 1.31 bits per heavy atom. The van der Waals surface area contributed by atoms with Crippen molar-refractivity contribution in [2.24, 2.45) is 0 Å². The molecule has 1 aromatic carbocycles. The van der Waals surface area contributed by atoms with Crippen LogP contribution in [0.2, 0.25) is 0 Å². The minimum absolute atomic E-state index is 0. The minimum atomic E-state index is -4.07. The van der Waals surface area contributed by atoms with E-state index in [0.717, 1.165) is 18.4 Å². The van der Waals surface area contributed by atoms with Crippen LogP contribution in [-0.2, 0) is 16.5 Å². The molecule has 0 spiro atoms. The van der Waals surface area contributed by atoms with Gasteiger partial charge in [0, 0.05) is 0 Å². The van der Waals surface area contributed by atoms with Crippen LogP contribution in [0.25, 0.3) is 0 Å². The predicted molar refractivity (Wildman–Crippen MR) is 127 cm³/mol. The fraction of sp³-hybridized carbons (Fsp3) is 0.750. The molecule has 29 heavy (non-hydrogen) atoms. The summed E-state index contributed by atoms with van der Waals surface area (Å²) in [5.74, 6) is 0. The number of rotatable bonds is 18. The Balaban J connectivity index is 0.00000784.